The summed E-state index contributed by atoms with van der Waals surface area (Å²) in [6, 6.07) is 1.39. The molecule has 0 radical (unpaired) electrons. The number of nitrogens with zero attached hydrogens (tertiary/aromatic N) is 1. The van der Waals surface area contributed by atoms with Crippen molar-refractivity contribution in [3.8, 4) is 0 Å². The number of aromatic nitrogens is 1. The number of carboxylic acid groups (broad SMARTS) is 1. The molecule has 1 atom stereocenters. The van der Waals surface area contributed by atoms with Crippen molar-refractivity contribution in [3.63, 3.8) is 0 Å². The summed E-state index contributed by atoms with van der Waals surface area (Å²) in [5, 5.41) is 9.26. The Morgan fingerprint density at radius 1 is 1.60 bits per heavy atom. The number of pyridine rings is 1. The molecular formula is C12H16N2O5S. The Morgan fingerprint density at radius 2 is 2.35 bits per heavy atom. The quantitative estimate of drug-likeness (QED) is 0.802. The molecule has 0 aliphatic carbocycles. The number of carboxylic acids is 1. The lowest BCUT2D eigenvalue weighted by Crippen LogP contribution is -2.43. The van der Waals surface area contributed by atoms with E-state index in [2.05, 4.69) is 9.71 Å². The molecule has 0 amide bonds. The second-order valence-electron chi connectivity index (χ2n) is 4.85. The monoisotopic (exact) mass is 300 g/mol. The fraction of sp³-hybridized carbons (Fsp3) is 0.500. The number of nitrogens with one attached hydrogen (secondary N) is 1. The van der Waals surface area contributed by atoms with Crippen molar-refractivity contribution in [1.29, 1.82) is 0 Å². The average molecular weight is 300 g/mol. The largest absolute Gasteiger partial charge is 0.481 e. The first-order valence-corrected chi connectivity index (χ1v) is 7.57. The van der Waals surface area contributed by atoms with Crippen LogP contribution >= 0.6 is 0 Å². The Hall–Kier alpha value is -1.51. The molecule has 0 saturated carbocycles. The van der Waals surface area contributed by atoms with Crippen molar-refractivity contribution in [2.45, 2.75) is 18.2 Å². The van der Waals surface area contributed by atoms with E-state index in [1.807, 2.05) is 0 Å². The number of hydrogen-bond donors (Lipinski definition) is 2. The van der Waals surface area contributed by atoms with Gasteiger partial charge in [-0.15, -0.1) is 0 Å². The maximum atomic E-state index is 12.2. The summed E-state index contributed by atoms with van der Waals surface area (Å²) in [4.78, 5) is 15.3. The van der Waals surface area contributed by atoms with Crippen LogP contribution in [0, 0.1) is 12.3 Å². The molecule has 7 nitrogen and oxygen atoms in total. The van der Waals surface area contributed by atoms with Gasteiger partial charge in [-0.2, -0.15) is 0 Å². The zero-order chi connectivity index (χ0) is 14.8. The van der Waals surface area contributed by atoms with Crippen LogP contribution in [-0.2, 0) is 19.6 Å². The van der Waals surface area contributed by atoms with Gasteiger partial charge in [0.15, 0.2) is 0 Å². The van der Waals surface area contributed by atoms with Gasteiger partial charge in [-0.25, -0.2) is 13.1 Å². The first-order chi connectivity index (χ1) is 9.37. The highest BCUT2D eigenvalue weighted by molar-refractivity contribution is 7.89. The van der Waals surface area contributed by atoms with Gasteiger partial charge in [0, 0.05) is 25.5 Å². The summed E-state index contributed by atoms with van der Waals surface area (Å²) < 4.78 is 31.9. The van der Waals surface area contributed by atoms with Gasteiger partial charge >= 0.3 is 5.97 Å². The molecule has 8 heteroatoms. The Labute approximate surface area is 117 Å². The van der Waals surface area contributed by atoms with Crippen LogP contribution in [0.2, 0.25) is 0 Å². The standard InChI is InChI=1S/C12H16N2O5S/c1-9-6-13-4-2-10(9)20(17,18)14-7-12(11(15)16)3-5-19-8-12/h2,4,6,14H,3,5,7-8H2,1H3,(H,15,16). The van der Waals surface area contributed by atoms with E-state index in [0.29, 0.717) is 18.6 Å². The van der Waals surface area contributed by atoms with Gasteiger partial charge < -0.3 is 9.84 Å². The van der Waals surface area contributed by atoms with E-state index in [-0.39, 0.29) is 18.0 Å². The number of rotatable bonds is 5. The second-order valence-corrected chi connectivity index (χ2v) is 6.59. The smallest absolute Gasteiger partial charge is 0.313 e. The number of aryl methyl sites for hydroxylation is 1. The molecule has 1 aliphatic heterocycles. The highest BCUT2D eigenvalue weighted by atomic mass is 32.2. The average Bonchev–Trinajstić information content (AvgIpc) is 2.87. The first kappa shape index (κ1) is 14.9. The van der Waals surface area contributed by atoms with Crippen LogP contribution in [0.3, 0.4) is 0 Å². The fourth-order valence-corrected chi connectivity index (χ4v) is 3.40. The van der Waals surface area contributed by atoms with Crippen molar-refractivity contribution in [1.82, 2.24) is 9.71 Å². The summed E-state index contributed by atoms with van der Waals surface area (Å²) in [5.74, 6) is -1.05. The lowest BCUT2D eigenvalue weighted by Gasteiger charge is -2.22. The van der Waals surface area contributed by atoms with Crippen LogP contribution in [-0.4, -0.2) is 44.2 Å². The summed E-state index contributed by atoms with van der Waals surface area (Å²) >= 11 is 0. The minimum absolute atomic E-state index is 0.0141. The fourth-order valence-electron chi connectivity index (χ4n) is 2.06. The van der Waals surface area contributed by atoms with Crippen LogP contribution < -0.4 is 4.72 Å². The summed E-state index contributed by atoms with van der Waals surface area (Å²) in [7, 11) is -3.76. The highest BCUT2D eigenvalue weighted by Gasteiger charge is 2.43. The Morgan fingerprint density at radius 3 is 2.90 bits per heavy atom. The number of ether oxygens (including phenoxy) is 1. The second kappa shape index (κ2) is 5.47. The molecule has 1 unspecified atom stereocenters. The van der Waals surface area contributed by atoms with Crippen molar-refractivity contribution < 1.29 is 23.1 Å². The molecule has 110 valence electrons. The van der Waals surface area contributed by atoms with Gasteiger partial charge in [-0.3, -0.25) is 9.78 Å². The van der Waals surface area contributed by atoms with Gasteiger partial charge in [0.25, 0.3) is 0 Å². The molecule has 0 aromatic carbocycles. The molecule has 1 fully saturated rings. The van der Waals surface area contributed by atoms with E-state index in [1.165, 1.54) is 18.5 Å². The van der Waals surface area contributed by atoms with E-state index in [9.17, 15) is 18.3 Å². The SMILES string of the molecule is Cc1cnccc1S(=O)(=O)NCC1(C(=O)O)CCOC1. The van der Waals surface area contributed by atoms with Crippen LogP contribution in [0.25, 0.3) is 0 Å². The van der Waals surface area contributed by atoms with Crippen LogP contribution in [0.5, 0.6) is 0 Å². The zero-order valence-corrected chi connectivity index (χ0v) is 11.8. The Bertz CT molecular complexity index is 608. The maximum absolute atomic E-state index is 12.2. The van der Waals surface area contributed by atoms with Gasteiger partial charge in [0.1, 0.15) is 5.41 Å². The molecular weight excluding hydrogens is 284 g/mol. The molecule has 2 rings (SSSR count). The minimum atomic E-state index is -3.76. The van der Waals surface area contributed by atoms with Crippen LogP contribution in [0.4, 0.5) is 0 Å². The van der Waals surface area contributed by atoms with Crippen molar-refractivity contribution >= 4 is 16.0 Å². The topological polar surface area (TPSA) is 106 Å². The predicted molar refractivity (Wildman–Crippen MR) is 69.7 cm³/mol. The Balaban J connectivity index is 2.18. The maximum Gasteiger partial charge on any atom is 0.313 e. The van der Waals surface area contributed by atoms with Crippen LogP contribution in [0.15, 0.2) is 23.4 Å². The lowest BCUT2D eigenvalue weighted by atomic mass is 9.88. The van der Waals surface area contributed by atoms with E-state index in [1.54, 1.807) is 6.92 Å². The van der Waals surface area contributed by atoms with E-state index in [4.69, 9.17) is 4.74 Å². The van der Waals surface area contributed by atoms with Crippen molar-refractivity contribution in [3.05, 3.63) is 24.0 Å². The third-order valence-corrected chi connectivity index (χ3v) is 4.98. The predicted octanol–water partition coefficient (Wildman–Crippen LogP) is 0.160. The normalized spacial score (nSPS) is 22.9. The summed E-state index contributed by atoms with van der Waals surface area (Å²) in [6.07, 6.45) is 3.12. The summed E-state index contributed by atoms with van der Waals surface area (Å²) in [5.41, 5.74) is -0.680. The summed E-state index contributed by atoms with van der Waals surface area (Å²) in [6.45, 7) is 1.78. The highest BCUT2D eigenvalue weighted by Crippen LogP contribution is 2.28. The molecule has 1 saturated heterocycles. The van der Waals surface area contributed by atoms with E-state index in [0.717, 1.165) is 0 Å². The van der Waals surface area contributed by atoms with E-state index < -0.39 is 21.4 Å². The number of aliphatic carboxylic acids is 1. The van der Waals surface area contributed by atoms with Crippen LogP contribution in [0.1, 0.15) is 12.0 Å². The molecule has 2 heterocycles. The molecule has 2 N–H and O–H groups in total. The molecule has 1 aromatic heterocycles. The third kappa shape index (κ3) is 2.82. The molecule has 20 heavy (non-hydrogen) atoms. The molecule has 1 aliphatic rings. The third-order valence-electron chi connectivity index (χ3n) is 3.42. The van der Waals surface area contributed by atoms with Gasteiger partial charge in [-0.05, 0) is 25.0 Å². The number of hydrogen-bond acceptors (Lipinski definition) is 5. The van der Waals surface area contributed by atoms with E-state index >= 15 is 0 Å². The Kier molecular flexibility index (Phi) is 4.07. The van der Waals surface area contributed by atoms with Crippen molar-refractivity contribution in [2.24, 2.45) is 5.41 Å². The zero-order valence-electron chi connectivity index (χ0n) is 11.0. The van der Waals surface area contributed by atoms with Crippen molar-refractivity contribution in [2.75, 3.05) is 19.8 Å². The van der Waals surface area contributed by atoms with Gasteiger partial charge in [0.2, 0.25) is 10.0 Å². The molecule has 0 spiro atoms. The lowest BCUT2D eigenvalue weighted by molar-refractivity contribution is -0.148. The minimum Gasteiger partial charge on any atom is -0.481 e. The van der Waals surface area contributed by atoms with Gasteiger partial charge in [0.05, 0.1) is 11.5 Å². The molecule has 1 aromatic rings. The van der Waals surface area contributed by atoms with Gasteiger partial charge in [-0.1, -0.05) is 0 Å². The first-order valence-electron chi connectivity index (χ1n) is 6.09. The number of carbonyl (C=O) groups is 1. The molecule has 0 bridgehead atoms. The number of sulfonamides is 1.